The molecule has 0 radical (unpaired) electrons. The SMILES string of the molecule is O=C1[C@@H]2[C@@H](C=C[C@H]3[C@@H]1[C@@]1(Cl)C(Cl)=C(Cl)[C@@]3(Cl)C13OCCO3)[C@@]1(Cl)C(Cl)=C(Cl)[C@@]2(Cl)C12OCCO2. The fraction of sp³-hybridized carbons (Fsp3) is 0.667. The molecular formula is C21H14Cl8O5. The summed E-state index contributed by atoms with van der Waals surface area (Å²) in [5, 5.41) is 0.167. The second-order valence-electron chi connectivity index (χ2n) is 9.52. The minimum atomic E-state index is -1.70. The van der Waals surface area contributed by atoms with Crippen molar-refractivity contribution in [2.45, 2.75) is 31.1 Å². The zero-order valence-electron chi connectivity index (χ0n) is 16.9. The third-order valence-corrected chi connectivity index (χ3v) is 13.9. The number of ether oxygens (including phenoxy) is 4. The minimum absolute atomic E-state index is 0.00398. The maximum atomic E-state index is 14.6. The summed E-state index contributed by atoms with van der Waals surface area (Å²) in [7, 11) is 0. The van der Waals surface area contributed by atoms with Gasteiger partial charge in [0.2, 0.25) is 11.6 Å². The first-order valence-corrected chi connectivity index (χ1v) is 13.6. The molecule has 5 nitrogen and oxygen atoms in total. The third-order valence-electron chi connectivity index (χ3n) is 8.60. The number of carbonyl (C=O) groups excluding carboxylic acids is 1. The number of hydrogen-bond acceptors (Lipinski definition) is 5. The highest BCUT2D eigenvalue weighted by molar-refractivity contribution is 6.54. The maximum absolute atomic E-state index is 14.6. The molecule has 0 aromatic heterocycles. The molecule has 2 saturated heterocycles. The Balaban J connectivity index is 1.48. The lowest BCUT2D eigenvalue weighted by atomic mass is 9.72. The molecule has 2 saturated carbocycles. The first-order chi connectivity index (χ1) is 15.9. The highest BCUT2D eigenvalue weighted by Crippen LogP contribution is 2.80. The molecule has 7 aliphatic rings. The van der Waals surface area contributed by atoms with Crippen LogP contribution in [0.5, 0.6) is 0 Å². The van der Waals surface area contributed by atoms with Crippen molar-refractivity contribution in [3.05, 3.63) is 32.3 Å². The largest absolute Gasteiger partial charge is 0.344 e. The third kappa shape index (κ3) is 1.95. The first-order valence-electron chi connectivity index (χ1n) is 10.6. The molecular weight excluding hydrogens is 616 g/mol. The molecule has 2 spiro atoms. The van der Waals surface area contributed by atoms with Crippen LogP contribution in [0.15, 0.2) is 32.3 Å². The number of carbonyl (C=O) groups is 1. The molecule has 2 aliphatic heterocycles. The average Bonchev–Trinajstić information content (AvgIpc) is 3.58. The van der Waals surface area contributed by atoms with E-state index in [0.717, 1.165) is 0 Å². The van der Waals surface area contributed by atoms with Crippen LogP contribution in [-0.4, -0.2) is 63.3 Å². The van der Waals surface area contributed by atoms with Crippen molar-refractivity contribution in [1.82, 2.24) is 0 Å². The fourth-order valence-electron chi connectivity index (χ4n) is 7.45. The molecule has 2 heterocycles. The highest BCUT2D eigenvalue weighted by Gasteiger charge is 2.91. The quantitative estimate of drug-likeness (QED) is 0.265. The predicted octanol–water partition coefficient (Wildman–Crippen LogP) is 5.42. The summed E-state index contributed by atoms with van der Waals surface area (Å²) in [4.78, 5) is 8.07. The summed E-state index contributed by atoms with van der Waals surface area (Å²) in [6.07, 6.45) is 3.52. The van der Waals surface area contributed by atoms with Crippen LogP contribution in [0, 0.1) is 23.7 Å². The number of hydrogen-bond donors (Lipinski definition) is 0. The molecule has 0 amide bonds. The van der Waals surface area contributed by atoms with E-state index in [1.807, 2.05) is 0 Å². The molecule has 5 aliphatic carbocycles. The van der Waals surface area contributed by atoms with Crippen molar-refractivity contribution in [3.8, 4) is 0 Å². The summed E-state index contributed by atoms with van der Waals surface area (Å²) in [6.45, 7) is 0.833. The van der Waals surface area contributed by atoms with Crippen LogP contribution in [0.25, 0.3) is 0 Å². The van der Waals surface area contributed by atoms with Gasteiger partial charge in [-0.1, -0.05) is 58.6 Å². The molecule has 8 atom stereocenters. The smallest absolute Gasteiger partial charge is 0.219 e. The van der Waals surface area contributed by atoms with E-state index in [1.54, 1.807) is 12.2 Å². The Bertz CT molecular complexity index is 1070. The van der Waals surface area contributed by atoms with Crippen LogP contribution in [-0.2, 0) is 23.7 Å². The van der Waals surface area contributed by atoms with E-state index >= 15 is 0 Å². The van der Waals surface area contributed by atoms with Crippen LogP contribution >= 0.6 is 92.8 Å². The van der Waals surface area contributed by atoms with Crippen LogP contribution in [0.3, 0.4) is 0 Å². The predicted molar refractivity (Wildman–Crippen MR) is 129 cm³/mol. The van der Waals surface area contributed by atoms with E-state index in [1.165, 1.54) is 0 Å². The molecule has 0 N–H and O–H groups in total. The Hall–Kier alpha value is 1.05. The molecule has 13 heteroatoms. The van der Waals surface area contributed by atoms with Crippen LogP contribution in [0.2, 0.25) is 0 Å². The van der Waals surface area contributed by atoms with Crippen molar-refractivity contribution in [1.29, 1.82) is 0 Å². The second kappa shape index (κ2) is 6.78. The van der Waals surface area contributed by atoms with Gasteiger partial charge in [0.25, 0.3) is 0 Å². The van der Waals surface area contributed by atoms with Gasteiger partial charge in [0, 0.05) is 11.8 Å². The molecule has 0 aromatic rings. The fourth-order valence-corrected chi connectivity index (χ4v) is 11.6. The average molecular weight is 630 g/mol. The molecule has 184 valence electrons. The lowest BCUT2D eigenvalue weighted by Gasteiger charge is -2.41. The lowest BCUT2D eigenvalue weighted by molar-refractivity contribution is -0.176. The van der Waals surface area contributed by atoms with Gasteiger partial charge in [-0.3, -0.25) is 4.79 Å². The van der Waals surface area contributed by atoms with Crippen molar-refractivity contribution >= 4 is 98.6 Å². The van der Waals surface area contributed by atoms with Crippen LogP contribution < -0.4 is 0 Å². The maximum Gasteiger partial charge on any atom is 0.219 e. The number of fused-ring (bicyclic) bond motifs is 6. The van der Waals surface area contributed by atoms with E-state index < -0.39 is 54.7 Å². The van der Waals surface area contributed by atoms with E-state index in [2.05, 4.69) is 0 Å². The summed E-state index contributed by atoms with van der Waals surface area (Å²) >= 11 is 55.6. The van der Waals surface area contributed by atoms with Crippen LogP contribution in [0.4, 0.5) is 0 Å². The molecule has 34 heavy (non-hydrogen) atoms. The van der Waals surface area contributed by atoms with Gasteiger partial charge in [-0.15, -0.1) is 46.4 Å². The Labute approximate surface area is 234 Å². The highest BCUT2D eigenvalue weighted by atomic mass is 35.5. The number of alkyl halides is 4. The number of ketones is 1. The van der Waals surface area contributed by atoms with Crippen LogP contribution in [0.1, 0.15) is 0 Å². The van der Waals surface area contributed by atoms with Gasteiger partial charge in [0.05, 0.1) is 58.4 Å². The van der Waals surface area contributed by atoms with Crippen molar-refractivity contribution in [2.24, 2.45) is 23.7 Å². The normalized spacial score (nSPS) is 53.6. The Morgan fingerprint density at radius 1 is 0.588 bits per heavy atom. The van der Waals surface area contributed by atoms with Crippen molar-refractivity contribution in [3.63, 3.8) is 0 Å². The topological polar surface area (TPSA) is 54.0 Å². The molecule has 4 bridgehead atoms. The molecule has 0 aromatic carbocycles. The van der Waals surface area contributed by atoms with Gasteiger partial charge in [0.1, 0.15) is 25.3 Å². The zero-order valence-corrected chi connectivity index (χ0v) is 22.9. The van der Waals surface area contributed by atoms with Gasteiger partial charge >= 0.3 is 0 Å². The number of rotatable bonds is 0. The molecule has 0 unspecified atom stereocenters. The summed E-state index contributed by atoms with van der Waals surface area (Å²) in [6, 6.07) is 0. The molecule has 4 fully saturated rings. The van der Waals surface area contributed by atoms with Crippen molar-refractivity contribution in [2.75, 3.05) is 26.4 Å². The van der Waals surface area contributed by atoms with Gasteiger partial charge in [0.15, 0.2) is 0 Å². The number of Topliss-reactive ketones (excluding diaryl/α,β-unsaturated/α-hetero) is 1. The zero-order chi connectivity index (χ0) is 24.3. The number of allylic oxidation sites excluding steroid dienone is 2. The summed E-state index contributed by atoms with van der Waals surface area (Å²) in [5.41, 5.74) is 0. The Morgan fingerprint density at radius 3 is 1.21 bits per heavy atom. The number of halogens is 8. The summed E-state index contributed by atoms with van der Waals surface area (Å²) in [5.74, 6) is -7.20. The second-order valence-corrected chi connectivity index (χ2v) is 13.4. The van der Waals surface area contributed by atoms with E-state index in [0.29, 0.717) is 0 Å². The van der Waals surface area contributed by atoms with Gasteiger partial charge < -0.3 is 18.9 Å². The minimum Gasteiger partial charge on any atom is -0.344 e. The van der Waals surface area contributed by atoms with Gasteiger partial charge in [-0.2, -0.15) is 0 Å². The Morgan fingerprint density at radius 2 is 0.882 bits per heavy atom. The van der Waals surface area contributed by atoms with Gasteiger partial charge in [-0.05, 0) is 0 Å². The summed E-state index contributed by atoms with van der Waals surface area (Å²) < 4.78 is 24.1. The van der Waals surface area contributed by atoms with E-state index in [9.17, 15) is 4.79 Å². The van der Waals surface area contributed by atoms with E-state index in [4.69, 9.17) is 112 Å². The van der Waals surface area contributed by atoms with Crippen molar-refractivity contribution < 1.29 is 23.7 Å². The Kier molecular flexibility index (Phi) is 4.81. The van der Waals surface area contributed by atoms with Gasteiger partial charge in [-0.25, -0.2) is 0 Å². The lowest BCUT2D eigenvalue weighted by Crippen LogP contribution is -2.58. The van der Waals surface area contributed by atoms with E-state index in [-0.39, 0.29) is 52.3 Å². The standard InChI is InChI=1S/C21H14Cl8O5/c22-12-14(24)18(28)9-7(16(12,26)20(18)31-3-4-32-20)1-2-8-10(11(9)30)19(29)15(25)13(23)17(8,27)21(19)33-5-6-34-21/h1-2,7-10H,3-6H2/t7-,8+,9-,10-,16+,17+,18+,19+/m0/s1. The molecule has 7 rings (SSSR count). The monoisotopic (exact) mass is 626 g/mol. The first kappa shape index (κ1) is 24.1.